The number of ether oxygens (including phenoxy) is 1. The van der Waals surface area contributed by atoms with Crippen molar-refractivity contribution in [1.82, 2.24) is 14.9 Å². The van der Waals surface area contributed by atoms with Gasteiger partial charge in [-0.1, -0.05) is 13.3 Å². The molecule has 8 nitrogen and oxygen atoms in total. The molecule has 1 aliphatic heterocycles. The van der Waals surface area contributed by atoms with Crippen molar-refractivity contribution in [3.63, 3.8) is 0 Å². The van der Waals surface area contributed by atoms with Crippen LogP contribution >= 0.6 is 0 Å². The molecule has 1 fully saturated rings. The molecule has 0 radical (unpaired) electrons. The molecule has 0 aromatic rings. The summed E-state index contributed by atoms with van der Waals surface area (Å²) in [5.74, 6) is -0.126. The van der Waals surface area contributed by atoms with Gasteiger partial charge in [0.05, 0.1) is 5.75 Å². The van der Waals surface area contributed by atoms with E-state index >= 15 is 0 Å². The molecule has 1 heterocycles. The molecule has 9 heteroatoms. The predicted octanol–water partition coefficient (Wildman–Crippen LogP) is 1.22. The van der Waals surface area contributed by atoms with Crippen molar-refractivity contribution in [1.29, 1.82) is 0 Å². The maximum absolute atomic E-state index is 12.1. The van der Waals surface area contributed by atoms with Gasteiger partial charge in [-0.2, -0.15) is 0 Å². The van der Waals surface area contributed by atoms with Crippen molar-refractivity contribution >= 4 is 22.0 Å². The molecule has 1 rings (SSSR count). The van der Waals surface area contributed by atoms with Gasteiger partial charge in [0.25, 0.3) is 0 Å². The van der Waals surface area contributed by atoms with Gasteiger partial charge in [-0.15, -0.1) is 0 Å². The van der Waals surface area contributed by atoms with Crippen molar-refractivity contribution in [3.8, 4) is 0 Å². The highest BCUT2D eigenvalue weighted by Gasteiger charge is 2.28. The Bertz CT molecular complexity index is 549. The van der Waals surface area contributed by atoms with Gasteiger partial charge in [0.2, 0.25) is 15.9 Å². The Hall–Kier alpha value is -1.35. The van der Waals surface area contributed by atoms with Gasteiger partial charge in [-0.05, 0) is 40.0 Å². The van der Waals surface area contributed by atoms with E-state index in [1.807, 2.05) is 6.92 Å². The van der Waals surface area contributed by atoms with E-state index in [9.17, 15) is 18.0 Å². The predicted molar refractivity (Wildman–Crippen MR) is 95.7 cm³/mol. The lowest BCUT2D eigenvalue weighted by Crippen LogP contribution is -2.49. The van der Waals surface area contributed by atoms with Crippen molar-refractivity contribution in [2.45, 2.75) is 65.0 Å². The third-order valence-corrected chi connectivity index (χ3v) is 5.72. The highest BCUT2D eigenvalue weighted by atomic mass is 32.2. The fourth-order valence-electron chi connectivity index (χ4n) is 2.48. The second-order valence-electron chi connectivity index (χ2n) is 7.27. The van der Waals surface area contributed by atoms with Crippen molar-refractivity contribution in [2.75, 3.05) is 25.4 Å². The summed E-state index contributed by atoms with van der Waals surface area (Å²) in [5.41, 5.74) is -0.614. The third-order valence-electron chi connectivity index (χ3n) is 3.76. The number of hydrogen-bond donors (Lipinski definition) is 2. The minimum atomic E-state index is -3.19. The average molecular weight is 378 g/mol. The number of sulfonamides is 1. The van der Waals surface area contributed by atoms with Crippen LogP contribution in [0.25, 0.3) is 0 Å². The molecule has 0 aliphatic carbocycles. The van der Waals surface area contributed by atoms with Gasteiger partial charge in [-0.3, -0.25) is 4.79 Å². The molecule has 0 atom stereocenters. The second-order valence-corrected chi connectivity index (χ2v) is 9.35. The first kappa shape index (κ1) is 21.7. The Labute approximate surface area is 150 Å². The maximum Gasteiger partial charge on any atom is 0.408 e. The monoisotopic (exact) mass is 377 g/mol. The summed E-state index contributed by atoms with van der Waals surface area (Å²) in [4.78, 5) is 23.4. The summed E-state index contributed by atoms with van der Waals surface area (Å²) in [6.45, 7) is 7.86. The number of hydrogen-bond acceptors (Lipinski definition) is 5. The van der Waals surface area contributed by atoms with Crippen LogP contribution in [0.3, 0.4) is 0 Å². The van der Waals surface area contributed by atoms with E-state index in [2.05, 4.69) is 10.6 Å². The summed E-state index contributed by atoms with van der Waals surface area (Å²) in [6.07, 6.45) is 2.01. The number of alkyl carbamates (subject to hydrolysis) is 1. The first-order valence-corrected chi connectivity index (χ1v) is 10.4. The zero-order valence-corrected chi connectivity index (χ0v) is 16.4. The third kappa shape index (κ3) is 8.53. The highest BCUT2D eigenvalue weighted by molar-refractivity contribution is 7.89. The first-order chi connectivity index (χ1) is 11.5. The number of nitrogens with zero attached hydrogens (tertiary/aromatic N) is 1. The lowest BCUT2D eigenvalue weighted by molar-refractivity contribution is -0.121. The lowest BCUT2D eigenvalue weighted by Gasteiger charge is -2.31. The Morgan fingerprint density at radius 1 is 1.20 bits per heavy atom. The number of piperidine rings is 1. The number of carbonyl (C=O) groups is 2. The zero-order chi connectivity index (χ0) is 19.1. The van der Waals surface area contributed by atoms with Gasteiger partial charge in [0, 0.05) is 19.1 Å². The van der Waals surface area contributed by atoms with Crippen LogP contribution < -0.4 is 10.6 Å². The number of rotatable bonds is 7. The summed E-state index contributed by atoms with van der Waals surface area (Å²) in [6, 6.07) is -0.0782. The normalized spacial score (nSPS) is 17.1. The highest BCUT2D eigenvalue weighted by Crippen LogP contribution is 2.15. The molecule has 1 saturated heterocycles. The Morgan fingerprint density at radius 3 is 2.32 bits per heavy atom. The van der Waals surface area contributed by atoms with Gasteiger partial charge >= 0.3 is 6.09 Å². The molecule has 146 valence electrons. The average Bonchev–Trinajstić information content (AvgIpc) is 2.50. The van der Waals surface area contributed by atoms with E-state index in [1.165, 1.54) is 4.31 Å². The number of amides is 2. The molecule has 0 saturated carbocycles. The van der Waals surface area contributed by atoms with Gasteiger partial charge < -0.3 is 15.4 Å². The van der Waals surface area contributed by atoms with Crippen molar-refractivity contribution in [3.05, 3.63) is 0 Å². The molecule has 0 bridgehead atoms. The smallest absolute Gasteiger partial charge is 0.408 e. The lowest BCUT2D eigenvalue weighted by atomic mass is 10.1. The molecule has 2 amide bonds. The molecular weight excluding hydrogens is 346 g/mol. The maximum atomic E-state index is 12.1. The minimum absolute atomic E-state index is 0.0782. The number of unbranched alkanes of at least 4 members (excludes halogenated alkanes) is 1. The van der Waals surface area contributed by atoms with Crippen LogP contribution in [0.2, 0.25) is 0 Å². The summed E-state index contributed by atoms with van der Waals surface area (Å²) in [5, 5.41) is 5.23. The van der Waals surface area contributed by atoms with Crippen LogP contribution in [0.5, 0.6) is 0 Å². The van der Waals surface area contributed by atoms with E-state index < -0.39 is 21.7 Å². The van der Waals surface area contributed by atoms with Crippen LogP contribution in [0, 0.1) is 0 Å². The van der Waals surface area contributed by atoms with E-state index in [0.29, 0.717) is 32.4 Å². The quantitative estimate of drug-likeness (QED) is 0.694. The molecule has 25 heavy (non-hydrogen) atoms. The van der Waals surface area contributed by atoms with E-state index in [4.69, 9.17) is 4.74 Å². The van der Waals surface area contributed by atoms with E-state index in [1.54, 1.807) is 20.8 Å². The first-order valence-electron chi connectivity index (χ1n) is 8.77. The molecular formula is C16H31N3O5S. The van der Waals surface area contributed by atoms with Gasteiger partial charge in [0.15, 0.2) is 0 Å². The Kier molecular flexibility index (Phi) is 8.14. The molecule has 0 unspecified atom stereocenters. The van der Waals surface area contributed by atoms with Crippen LogP contribution in [-0.4, -0.2) is 61.8 Å². The van der Waals surface area contributed by atoms with E-state index in [-0.39, 0.29) is 24.2 Å². The van der Waals surface area contributed by atoms with E-state index in [0.717, 1.165) is 6.42 Å². The molecule has 2 N–H and O–H groups in total. The topological polar surface area (TPSA) is 105 Å². The fraction of sp³-hybridized carbons (Fsp3) is 0.875. The minimum Gasteiger partial charge on any atom is -0.444 e. The molecule has 0 aromatic carbocycles. The summed E-state index contributed by atoms with van der Waals surface area (Å²) < 4.78 is 30.8. The Morgan fingerprint density at radius 2 is 1.80 bits per heavy atom. The molecule has 0 aromatic heterocycles. The summed E-state index contributed by atoms with van der Waals surface area (Å²) >= 11 is 0. The van der Waals surface area contributed by atoms with Gasteiger partial charge in [0.1, 0.15) is 12.1 Å². The van der Waals surface area contributed by atoms with Crippen LogP contribution in [-0.2, 0) is 19.6 Å². The fourth-order valence-corrected chi connectivity index (χ4v) is 4.16. The van der Waals surface area contributed by atoms with Crippen molar-refractivity contribution in [2.24, 2.45) is 0 Å². The van der Waals surface area contributed by atoms with Gasteiger partial charge in [-0.25, -0.2) is 17.5 Å². The summed E-state index contributed by atoms with van der Waals surface area (Å²) in [7, 11) is -3.19. The number of nitrogens with one attached hydrogen (secondary N) is 2. The number of carbonyl (C=O) groups excluding carboxylic acids is 2. The van der Waals surface area contributed by atoms with Crippen LogP contribution in [0.4, 0.5) is 4.79 Å². The standard InChI is InChI=1S/C16H31N3O5S/c1-5-6-11-25(22,23)19-9-7-13(8-10-19)18-14(20)12-17-15(21)24-16(2,3)4/h13H,5-12H2,1-4H3,(H,17,21)(H,18,20). The molecule has 0 spiro atoms. The zero-order valence-electron chi connectivity index (χ0n) is 15.6. The van der Waals surface area contributed by atoms with Crippen molar-refractivity contribution < 1.29 is 22.7 Å². The Balaban J connectivity index is 2.32. The second kappa shape index (κ2) is 9.38. The molecule has 1 aliphatic rings. The SMILES string of the molecule is CCCCS(=O)(=O)N1CCC(NC(=O)CNC(=O)OC(C)(C)C)CC1. The largest absolute Gasteiger partial charge is 0.444 e. The van der Waals surface area contributed by atoms with Crippen LogP contribution in [0.1, 0.15) is 53.4 Å². The van der Waals surface area contributed by atoms with Crippen LogP contribution in [0.15, 0.2) is 0 Å².